The molecule has 1 rings (SSSR count). The Morgan fingerprint density at radius 1 is 1.60 bits per heavy atom. The van der Waals surface area contributed by atoms with Crippen LogP contribution in [-0.2, 0) is 11.2 Å². The first-order valence-corrected chi connectivity index (χ1v) is 5.44. The summed E-state index contributed by atoms with van der Waals surface area (Å²) in [6.07, 6.45) is 0.306. The van der Waals surface area contributed by atoms with E-state index in [-0.39, 0.29) is 5.78 Å². The topological polar surface area (TPSA) is 52.3 Å². The lowest BCUT2D eigenvalue weighted by Gasteiger charge is -2.09. The van der Waals surface area contributed by atoms with Crippen LogP contribution in [0.2, 0.25) is 0 Å². The Hall–Kier alpha value is -0.870. The van der Waals surface area contributed by atoms with Gasteiger partial charge in [-0.2, -0.15) is 0 Å². The number of methoxy groups -OCH3 is 1. The van der Waals surface area contributed by atoms with Crippen molar-refractivity contribution in [1.82, 2.24) is 0 Å². The van der Waals surface area contributed by atoms with E-state index in [2.05, 4.69) is 15.9 Å². The van der Waals surface area contributed by atoms with Crippen LogP contribution in [0.1, 0.15) is 12.5 Å². The molecule has 0 aliphatic rings. The van der Waals surface area contributed by atoms with E-state index in [1.165, 1.54) is 0 Å². The lowest BCUT2D eigenvalue weighted by Crippen LogP contribution is -2.28. The Bertz CT molecular complexity index is 364. The molecule has 0 heterocycles. The highest BCUT2D eigenvalue weighted by atomic mass is 79.9. The molecule has 0 saturated heterocycles. The van der Waals surface area contributed by atoms with Gasteiger partial charge in [-0.25, -0.2) is 0 Å². The number of ether oxygens (including phenoxy) is 1. The van der Waals surface area contributed by atoms with Gasteiger partial charge < -0.3 is 10.5 Å². The van der Waals surface area contributed by atoms with Crippen molar-refractivity contribution in [2.75, 3.05) is 7.11 Å². The van der Waals surface area contributed by atoms with E-state index >= 15 is 0 Å². The van der Waals surface area contributed by atoms with E-state index in [0.29, 0.717) is 12.2 Å². The first-order valence-electron chi connectivity index (χ1n) is 4.65. The van der Waals surface area contributed by atoms with Crippen LogP contribution >= 0.6 is 15.9 Å². The summed E-state index contributed by atoms with van der Waals surface area (Å²) in [5.74, 6) is 0.721. The number of ketones is 1. The monoisotopic (exact) mass is 271 g/mol. The molecule has 15 heavy (non-hydrogen) atoms. The molecule has 2 N–H and O–H groups in total. The van der Waals surface area contributed by atoms with Crippen molar-refractivity contribution in [2.45, 2.75) is 19.4 Å². The van der Waals surface area contributed by atoms with Gasteiger partial charge in [0.25, 0.3) is 0 Å². The zero-order valence-electron chi connectivity index (χ0n) is 8.79. The Morgan fingerprint density at radius 2 is 2.27 bits per heavy atom. The maximum atomic E-state index is 11.5. The molecule has 0 aliphatic heterocycles. The quantitative estimate of drug-likeness (QED) is 0.911. The minimum atomic E-state index is -0.436. The summed E-state index contributed by atoms with van der Waals surface area (Å²) < 4.78 is 6.09. The van der Waals surface area contributed by atoms with E-state index in [1.807, 2.05) is 18.2 Å². The first-order chi connectivity index (χ1) is 7.04. The number of carbonyl (C=O) groups excluding carboxylic acids is 1. The summed E-state index contributed by atoms with van der Waals surface area (Å²) >= 11 is 3.35. The Labute approximate surface area is 97.7 Å². The van der Waals surface area contributed by atoms with Crippen LogP contribution in [-0.4, -0.2) is 18.9 Å². The Morgan fingerprint density at radius 3 is 2.80 bits per heavy atom. The molecule has 0 amide bonds. The van der Waals surface area contributed by atoms with Gasteiger partial charge in [0.05, 0.1) is 13.2 Å². The highest BCUT2D eigenvalue weighted by Gasteiger charge is 2.12. The molecule has 0 spiro atoms. The summed E-state index contributed by atoms with van der Waals surface area (Å²) in [6, 6.07) is 5.14. The Kier molecular flexibility index (Phi) is 4.29. The van der Waals surface area contributed by atoms with E-state index in [4.69, 9.17) is 10.5 Å². The third kappa shape index (κ3) is 3.32. The smallest absolute Gasteiger partial charge is 0.153 e. The number of rotatable bonds is 4. The highest BCUT2D eigenvalue weighted by Crippen LogP contribution is 2.23. The fraction of sp³-hybridized carbons (Fsp3) is 0.364. The van der Waals surface area contributed by atoms with Gasteiger partial charge in [-0.3, -0.25) is 4.79 Å². The molecule has 0 aliphatic carbocycles. The second-order valence-corrected chi connectivity index (χ2v) is 4.30. The van der Waals surface area contributed by atoms with Crippen molar-refractivity contribution in [3.8, 4) is 5.75 Å². The van der Waals surface area contributed by atoms with E-state index < -0.39 is 6.04 Å². The zero-order valence-corrected chi connectivity index (χ0v) is 10.4. The van der Waals surface area contributed by atoms with Crippen molar-refractivity contribution in [3.05, 3.63) is 28.2 Å². The van der Waals surface area contributed by atoms with Crippen LogP contribution < -0.4 is 10.5 Å². The van der Waals surface area contributed by atoms with Gasteiger partial charge in [-0.1, -0.05) is 15.9 Å². The second-order valence-electron chi connectivity index (χ2n) is 3.39. The van der Waals surface area contributed by atoms with Gasteiger partial charge in [0, 0.05) is 16.5 Å². The summed E-state index contributed by atoms with van der Waals surface area (Å²) in [6.45, 7) is 1.69. The van der Waals surface area contributed by atoms with Crippen molar-refractivity contribution in [1.29, 1.82) is 0 Å². The molecule has 1 aromatic rings. The maximum Gasteiger partial charge on any atom is 0.153 e. The lowest BCUT2D eigenvalue weighted by atomic mass is 10.0. The second kappa shape index (κ2) is 5.28. The van der Waals surface area contributed by atoms with Crippen LogP contribution in [0.4, 0.5) is 0 Å². The SMILES string of the molecule is COc1ccc(Br)cc1CC(=O)C(C)N. The summed E-state index contributed by atoms with van der Waals surface area (Å²) in [5, 5.41) is 0. The van der Waals surface area contributed by atoms with Gasteiger partial charge in [0.15, 0.2) is 5.78 Å². The number of hydrogen-bond acceptors (Lipinski definition) is 3. The van der Waals surface area contributed by atoms with Crippen molar-refractivity contribution >= 4 is 21.7 Å². The van der Waals surface area contributed by atoms with E-state index in [0.717, 1.165) is 10.0 Å². The van der Waals surface area contributed by atoms with Crippen LogP contribution in [0.25, 0.3) is 0 Å². The number of Topliss-reactive ketones (excluding diaryl/α,β-unsaturated/α-hetero) is 1. The fourth-order valence-electron chi connectivity index (χ4n) is 1.23. The average Bonchev–Trinajstić information content (AvgIpc) is 2.18. The molecule has 0 fully saturated rings. The van der Waals surface area contributed by atoms with E-state index in [1.54, 1.807) is 14.0 Å². The summed E-state index contributed by atoms with van der Waals surface area (Å²) in [4.78, 5) is 11.5. The molecule has 0 bridgehead atoms. The van der Waals surface area contributed by atoms with Crippen LogP contribution in [0.5, 0.6) is 5.75 Å². The van der Waals surface area contributed by atoms with Crippen molar-refractivity contribution in [3.63, 3.8) is 0 Å². The summed E-state index contributed by atoms with van der Waals surface area (Å²) in [7, 11) is 1.59. The molecule has 1 aromatic carbocycles. The molecule has 0 aromatic heterocycles. The zero-order chi connectivity index (χ0) is 11.4. The number of hydrogen-bond donors (Lipinski definition) is 1. The van der Waals surface area contributed by atoms with Gasteiger partial charge >= 0.3 is 0 Å². The molecule has 82 valence electrons. The standard InChI is InChI=1S/C11H14BrNO2/c1-7(13)10(14)6-8-5-9(12)3-4-11(8)15-2/h3-5,7H,6,13H2,1-2H3. The van der Waals surface area contributed by atoms with Crippen molar-refractivity contribution < 1.29 is 9.53 Å². The third-order valence-electron chi connectivity index (χ3n) is 2.11. The molecular formula is C11H14BrNO2. The highest BCUT2D eigenvalue weighted by molar-refractivity contribution is 9.10. The first kappa shape index (κ1) is 12.2. The molecule has 0 radical (unpaired) electrons. The number of halogens is 1. The molecule has 0 saturated carbocycles. The van der Waals surface area contributed by atoms with E-state index in [9.17, 15) is 4.79 Å². The van der Waals surface area contributed by atoms with Crippen LogP contribution in [0, 0.1) is 0 Å². The largest absolute Gasteiger partial charge is 0.496 e. The molecule has 1 atom stereocenters. The number of benzene rings is 1. The molecule has 3 nitrogen and oxygen atoms in total. The third-order valence-corrected chi connectivity index (χ3v) is 2.61. The number of nitrogens with two attached hydrogens (primary N) is 1. The van der Waals surface area contributed by atoms with Gasteiger partial charge in [-0.05, 0) is 25.1 Å². The normalized spacial score (nSPS) is 12.3. The Balaban J connectivity index is 2.92. The number of carbonyl (C=O) groups is 1. The average molecular weight is 272 g/mol. The van der Waals surface area contributed by atoms with Gasteiger partial charge in [0.2, 0.25) is 0 Å². The minimum absolute atomic E-state index is 0.00593. The predicted octanol–water partition coefficient (Wildman–Crippen LogP) is 1.92. The molecular weight excluding hydrogens is 258 g/mol. The van der Waals surface area contributed by atoms with Gasteiger partial charge in [-0.15, -0.1) is 0 Å². The molecule has 4 heteroatoms. The van der Waals surface area contributed by atoms with Crippen LogP contribution in [0.15, 0.2) is 22.7 Å². The maximum absolute atomic E-state index is 11.5. The van der Waals surface area contributed by atoms with Crippen LogP contribution in [0.3, 0.4) is 0 Å². The summed E-state index contributed by atoms with van der Waals surface area (Å²) in [5.41, 5.74) is 6.37. The molecule has 1 unspecified atom stereocenters. The fourth-order valence-corrected chi connectivity index (χ4v) is 1.64. The predicted molar refractivity (Wildman–Crippen MR) is 63.1 cm³/mol. The van der Waals surface area contributed by atoms with Gasteiger partial charge in [0.1, 0.15) is 5.75 Å². The van der Waals surface area contributed by atoms with Crippen molar-refractivity contribution in [2.24, 2.45) is 5.73 Å². The lowest BCUT2D eigenvalue weighted by molar-refractivity contribution is -0.119. The minimum Gasteiger partial charge on any atom is -0.496 e.